The van der Waals surface area contributed by atoms with Crippen LogP contribution in [-0.2, 0) is 9.59 Å². The van der Waals surface area contributed by atoms with E-state index in [-0.39, 0.29) is 29.1 Å². The number of benzene rings is 2. The summed E-state index contributed by atoms with van der Waals surface area (Å²) >= 11 is 0. The molecule has 8 heteroatoms. The number of amides is 2. The van der Waals surface area contributed by atoms with Gasteiger partial charge in [0.1, 0.15) is 17.5 Å². The van der Waals surface area contributed by atoms with E-state index in [2.05, 4.69) is 15.3 Å². The maximum absolute atomic E-state index is 14.1. The van der Waals surface area contributed by atoms with Crippen molar-refractivity contribution in [2.24, 2.45) is 5.92 Å². The van der Waals surface area contributed by atoms with Gasteiger partial charge in [0.15, 0.2) is 0 Å². The Kier molecular flexibility index (Phi) is 5.97. The van der Waals surface area contributed by atoms with Gasteiger partial charge >= 0.3 is 0 Å². The van der Waals surface area contributed by atoms with Gasteiger partial charge in [0.05, 0.1) is 22.5 Å². The first-order valence-electron chi connectivity index (χ1n) is 10.5. The summed E-state index contributed by atoms with van der Waals surface area (Å²) in [5.41, 5.74) is 1.79. The fourth-order valence-corrected chi connectivity index (χ4v) is 3.93. The van der Waals surface area contributed by atoms with Crippen LogP contribution in [-0.4, -0.2) is 39.8 Å². The highest BCUT2D eigenvalue weighted by molar-refractivity contribution is 5.95. The van der Waals surface area contributed by atoms with Gasteiger partial charge in [0.25, 0.3) is 0 Å². The van der Waals surface area contributed by atoms with E-state index in [9.17, 15) is 18.4 Å². The molecule has 1 fully saturated rings. The van der Waals surface area contributed by atoms with E-state index >= 15 is 0 Å². The predicted octanol–water partition coefficient (Wildman–Crippen LogP) is 4.49. The number of hydrogen-bond donors (Lipinski definition) is 2. The largest absolute Gasteiger partial charge is 0.342 e. The standard InChI is InChI=1S/C23H24F2N4O2/c1-2-4-21(30)29-10-3-5-14(13-29)23(31)26-16-7-9-19-20(12-16)28-22(27-19)17-11-15(24)6-8-18(17)25/h6-9,11-12,14H,2-5,10,13H2,1H3,(H,26,31)(H,27,28). The number of fused-ring (bicyclic) bond motifs is 1. The van der Waals surface area contributed by atoms with E-state index < -0.39 is 11.6 Å². The number of hydrogen-bond acceptors (Lipinski definition) is 3. The Labute approximate surface area is 178 Å². The second kappa shape index (κ2) is 8.83. The molecule has 6 nitrogen and oxygen atoms in total. The molecule has 0 radical (unpaired) electrons. The minimum absolute atomic E-state index is 0.0424. The van der Waals surface area contributed by atoms with Crippen LogP contribution in [0.25, 0.3) is 22.4 Å². The van der Waals surface area contributed by atoms with E-state index in [1.54, 1.807) is 23.1 Å². The van der Waals surface area contributed by atoms with Crippen molar-refractivity contribution < 1.29 is 18.4 Å². The number of likely N-dealkylation sites (tertiary alicyclic amines) is 1. The molecule has 0 spiro atoms. The Bertz CT molecular complexity index is 1130. The molecule has 2 N–H and O–H groups in total. The van der Waals surface area contributed by atoms with Gasteiger partial charge < -0.3 is 15.2 Å². The first kappa shape index (κ1) is 21.0. The number of nitrogens with one attached hydrogen (secondary N) is 2. The highest BCUT2D eigenvalue weighted by atomic mass is 19.1. The highest BCUT2D eigenvalue weighted by Crippen LogP contribution is 2.26. The molecular formula is C23H24F2N4O2. The molecule has 3 aromatic rings. The number of halogens is 2. The van der Waals surface area contributed by atoms with Crippen LogP contribution in [0.15, 0.2) is 36.4 Å². The van der Waals surface area contributed by atoms with Gasteiger partial charge in [-0.2, -0.15) is 0 Å². The zero-order valence-corrected chi connectivity index (χ0v) is 17.3. The first-order valence-corrected chi connectivity index (χ1v) is 10.5. The van der Waals surface area contributed by atoms with Crippen LogP contribution in [0.1, 0.15) is 32.6 Å². The Hall–Kier alpha value is -3.29. The number of rotatable bonds is 5. The lowest BCUT2D eigenvalue weighted by molar-refractivity contribution is -0.134. The second-order valence-corrected chi connectivity index (χ2v) is 7.86. The molecule has 2 aromatic carbocycles. The van der Waals surface area contributed by atoms with Gasteiger partial charge in [-0.1, -0.05) is 6.92 Å². The highest BCUT2D eigenvalue weighted by Gasteiger charge is 2.28. The summed E-state index contributed by atoms with van der Waals surface area (Å²) < 4.78 is 27.6. The fourth-order valence-electron chi connectivity index (χ4n) is 3.93. The second-order valence-electron chi connectivity index (χ2n) is 7.86. The molecule has 1 unspecified atom stereocenters. The molecule has 1 aliphatic rings. The topological polar surface area (TPSA) is 78.1 Å². The van der Waals surface area contributed by atoms with Crippen molar-refractivity contribution in [2.75, 3.05) is 18.4 Å². The average molecular weight is 426 g/mol. The van der Waals surface area contributed by atoms with E-state index in [1.165, 1.54) is 0 Å². The first-order chi connectivity index (χ1) is 14.9. The number of anilines is 1. The zero-order chi connectivity index (χ0) is 22.0. The predicted molar refractivity (Wildman–Crippen MR) is 114 cm³/mol. The average Bonchev–Trinajstić information content (AvgIpc) is 3.19. The molecule has 0 aliphatic carbocycles. The summed E-state index contributed by atoms with van der Waals surface area (Å²) in [6, 6.07) is 8.34. The molecule has 1 aliphatic heterocycles. The SMILES string of the molecule is CCCC(=O)N1CCCC(C(=O)Nc2ccc3nc(-c4cc(F)ccc4F)[nH]c3c2)C1. The number of aromatic nitrogens is 2. The van der Waals surface area contributed by atoms with Crippen molar-refractivity contribution in [2.45, 2.75) is 32.6 Å². The van der Waals surface area contributed by atoms with E-state index in [4.69, 9.17) is 0 Å². The van der Waals surface area contributed by atoms with Crippen molar-refractivity contribution >= 4 is 28.5 Å². The molecule has 1 atom stereocenters. The third-order valence-corrected chi connectivity index (χ3v) is 5.54. The fraction of sp³-hybridized carbons (Fsp3) is 0.348. The Balaban J connectivity index is 1.49. The van der Waals surface area contributed by atoms with Gasteiger partial charge in [0.2, 0.25) is 11.8 Å². The molecule has 162 valence electrons. The summed E-state index contributed by atoms with van der Waals surface area (Å²) in [5, 5.41) is 2.91. The van der Waals surface area contributed by atoms with Crippen molar-refractivity contribution in [3.63, 3.8) is 0 Å². The lowest BCUT2D eigenvalue weighted by Gasteiger charge is -2.32. The Morgan fingerprint density at radius 3 is 2.87 bits per heavy atom. The number of nitrogens with zero attached hydrogens (tertiary/aromatic N) is 2. The lowest BCUT2D eigenvalue weighted by atomic mass is 9.96. The van der Waals surface area contributed by atoms with E-state index in [0.29, 0.717) is 36.2 Å². The van der Waals surface area contributed by atoms with Crippen molar-refractivity contribution in [3.05, 3.63) is 48.0 Å². The number of piperidine rings is 1. The maximum Gasteiger partial charge on any atom is 0.229 e. The summed E-state index contributed by atoms with van der Waals surface area (Å²) in [7, 11) is 0. The molecule has 2 heterocycles. The summed E-state index contributed by atoms with van der Waals surface area (Å²) in [5.74, 6) is -1.21. The minimum Gasteiger partial charge on any atom is -0.342 e. The van der Waals surface area contributed by atoms with Gasteiger partial charge in [-0.05, 0) is 55.7 Å². The lowest BCUT2D eigenvalue weighted by Crippen LogP contribution is -2.43. The third kappa shape index (κ3) is 4.57. The Morgan fingerprint density at radius 2 is 2.06 bits per heavy atom. The summed E-state index contributed by atoms with van der Waals surface area (Å²) in [6.07, 6.45) is 2.82. The molecule has 0 bridgehead atoms. The van der Waals surface area contributed by atoms with Crippen LogP contribution in [0.3, 0.4) is 0 Å². The molecule has 4 rings (SSSR count). The quantitative estimate of drug-likeness (QED) is 0.631. The van der Waals surface area contributed by atoms with Crippen LogP contribution in [0.2, 0.25) is 0 Å². The number of H-pyrrole nitrogens is 1. The van der Waals surface area contributed by atoms with Crippen LogP contribution in [0.5, 0.6) is 0 Å². The van der Waals surface area contributed by atoms with Crippen LogP contribution < -0.4 is 5.32 Å². The molecular weight excluding hydrogens is 402 g/mol. The molecule has 31 heavy (non-hydrogen) atoms. The number of carbonyl (C=O) groups excluding carboxylic acids is 2. The summed E-state index contributed by atoms with van der Waals surface area (Å²) in [4.78, 5) is 34.0. The molecule has 2 amide bonds. The number of carbonyl (C=O) groups is 2. The van der Waals surface area contributed by atoms with Crippen LogP contribution in [0, 0.1) is 17.6 Å². The normalized spacial score (nSPS) is 16.5. The van der Waals surface area contributed by atoms with Gasteiger partial charge in [-0.25, -0.2) is 13.8 Å². The number of aromatic amines is 1. The summed E-state index contributed by atoms with van der Waals surface area (Å²) in [6.45, 7) is 3.09. The molecule has 1 saturated heterocycles. The third-order valence-electron chi connectivity index (χ3n) is 5.54. The van der Waals surface area contributed by atoms with Crippen LogP contribution >= 0.6 is 0 Å². The van der Waals surface area contributed by atoms with Crippen molar-refractivity contribution in [1.29, 1.82) is 0 Å². The molecule has 1 aromatic heterocycles. The van der Waals surface area contributed by atoms with Crippen molar-refractivity contribution in [1.82, 2.24) is 14.9 Å². The van der Waals surface area contributed by atoms with Gasteiger partial charge in [-0.15, -0.1) is 0 Å². The smallest absolute Gasteiger partial charge is 0.229 e. The number of imidazole rings is 1. The monoisotopic (exact) mass is 426 g/mol. The van der Waals surface area contributed by atoms with E-state index in [0.717, 1.165) is 37.5 Å². The van der Waals surface area contributed by atoms with E-state index in [1.807, 2.05) is 6.92 Å². The Morgan fingerprint density at radius 1 is 1.23 bits per heavy atom. The maximum atomic E-state index is 14.1. The zero-order valence-electron chi connectivity index (χ0n) is 17.3. The minimum atomic E-state index is -0.576. The van der Waals surface area contributed by atoms with Gasteiger partial charge in [0, 0.05) is 25.2 Å². The van der Waals surface area contributed by atoms with Crippen LogP contribution in [0.4, 0.5) is 14.5 Å². The van der Waals surface area contributed by atoms with Gasteiger partial charge in [-0.3, -0.25) is 9.59 Å². The van der Waals surface area contributed by atoms with Crippen molar-refractivity contribution in [3.8, 4) is 11.4 Å². The molecule has 0 saturated carbocycles.